The van der Waals surface area contributed by atoms with Gasteiger partial charge in [-0.05, 0) is 167 Å². The summed E-state index contributed by atoms with van der Waals surface area (Å²) in [5.74, 6) is 8.27. The molecule has 0 spiro atoms. The topological polar surface area (TPSA) is 38.7 Å². The lowest BCUT2D eigenvalue weighted by molar-refractivity contribution is 0.0492. The molecule has 1 aromatic rings. The molecule has 2 saturated carbocycles. The van der Waals surface area contributed by atoms with Gasteiger partial charge in [0.1, 0.15) is 0 Å². The minimum atomic E-state index is 0.434. The van der Waals surface area contributed by atoms with Gasteiger partial charge in [-0.25, -0.2) is 9.97 Å². The number of nitrogens with zero attached hydrogens (tertiary/aromatic N) is 6. The van der Waals surface area contributed by atoms with Crippen LogP contribution in [0.4, 0.5) is 5.95 Å². The van der Waals surface area contributed by atoms with Gasteiger partial charge in [-0.15, -0.1) is 6.42 Å². The molecule has 6 heterocycles. The Bertz CT molecular complexity index is 1350. The first kappa shape index (κ1) is 47.4. The average Bonchev–Trinajstić information content (AvgIpc) is 4.11. The van der Waals surface area contributed by atoms with E-state index in [4.69, 9.17) is 6.42 Å². The molecule has 8 rings (SSSR count). The van der Waals surface area contributed by atoms with Gasteiger partial charge >= 0.3 is 0 Å². The number of piperidine rings is 4. The lowest BCUT2D eigenvalue weighted by atomic mass is 9.73. The molecule has 0 radical (unpaired) electrons. The number of likely N-dealkylation sites (tertiary alicyclic amines) is 2. The van der Waals surface area contributed by atoms with Gasteiger partial charge in [-0.1, -0.05) is 89.0 Å². The molecule has 7 aliphatic rings. The molecular weight excluding hydrogens is 709 g/mol. The number of hydrogen-bond acceptors (Lipinski definition) is 6. The van der Waals surface area contributed by atoms with E-state index in [2.05, 4.69) is 119 Å². The van der Waals surface area contributed by atoms with E-state index in [1.807, 2.05) is 18.5 Å². The van der Waals surface area contributed by atoms with Gasteiger partial charge in [-0.3, -0.25) is 9.80 Å². The van der Waals surface area contributed by atoms with Gasteiger partial charge in [-0.2, -0.15) is 0 Å². The van der Waals surface area contributed by atoms with Crippen LogP contribution in [-0.4, -0.2) is 95.2 Å². The van der Waals surface area contributed by atoms with Crippen molar-refractivity contribution in [1.29, 1.82) is 0 Å². The first-order valence-corrected chi connectivity index (χ1v) is 24.4. The number of aromatic nitrogens is 2. The van der Waals surface area contributed by atoms with Crippen molar-refractivity contribution in [3.05, 3.63) is 18.5 Å². The average molecular weight is 801 g/mol. The highest BCUT2D eigenvalue weighted by molar-refractivity contribution is 5.29. The van der Waals surface area contributed by atoms with Gasteiger partial charge < -0.3 is 9.80 Å². The fourth-order valence-electron chi connectivity index (χ4n) is 11.0. The van der Waals surface area contributed by atoms with Crippen LogP contribution in [0.25, 0.3) is 0 Å². The second-order valence-electron chi connectivity index (χ2n) is 24.3. The van der Waals surface area contributed by atoms with Crippen molar-refractivity contribution in [3.8, 4) is 12.3 Å². The molecule has 3 unspecified atom stereocenters. The van der Waals surface area contributed by atoms with E-state index in [-0.39, 0.29) is 0 Å². The van der Waals surface area contributed by atoms with Crippen LogP contribution < -0.4 is 4.90 Å². The minimum Gasteiger partial charge on any atom is -0.341 e. The maximum Gasteiger partial charge on any atom is 0.225 e. The normalized spacial score (nSPS) is 28.3. The number of terminal acetylenes is 1. The summed E-state index contributed by atoms with van der Waals surface area (Å²) in [6.07, 6.45) is 28.9. The molecular formula is C52H92N6. The van der Waals surface area contributed by atoms with E-state index in [0.717, 1.165) is 73.3 Å². The highest BCUT2D eigenvalue weighted by Crippen LogP contribution is 2.49. The van der Waals surface area contributed by atoms with Crippen molar-refractivity contribution >= 4 is 5.95 Å². The number of anilines is 1. The molecule has 58 heavy (non-hydrogen) atoms. The molecule has 2 bridgehead atoms. The quantitative estimate of drug-likeness (QED) is 0.276. The molecule has 5 saturated heterocycles. The first-order chi connectivity index (χ1) is 27.2. The predicted octanol–water partition coefficient (Wildman–Crippen LogP) is 11.7. The Balaban J connectivity index is 0.000000148. The van der Waals surface area contributed by atoms with E-state index in [0.29, 0.717) is 21.7 Å². The third-order valence-corrected chi connectivity index (χ3v) is 15.6. The molecule has 1 aromatic heterocycles. The van der Waals surface area contributed by atoms with E-state index >= 15 is 0 Å². The third kappa shape index (κ3) is 14.8. The largest absolute Gasteiger partial charge is 0.341 e. The SMILES string of the molecule is C#CCN1CCC(C(C)(C)C)CC1.CC(C)(C)C1CC2CCC(C1)N2C1CC1.CC(C)(C)C1CCCN(CC2CC2)C1.CC(C)(C)C1CCN(c2ncccn2)CC1. The van der Waals surface area contributed by atoms with Gasteiger partial charge in [0.15, 0.2) is 0 Å². The van der Waals surface area contributed by atoms with E-state index in [1.54, 1.807) is 0 Å². The molecule has 2 aliphatic carbocycles. The first-order valence-electron chi connectivity index (χ1n) is 24.4. The fourth-order valence-corrected chi connectivity index (χ4v) is 11.0. The summed E-state index contributed by atoms with van der Waals surface area (Å²) in [7, 11) is 0. The van der Waals surface area contributed by atoms with Crippen molar-refractivity contribution in [2.45, 2.75) is 191 Å². The van der Waals surface area contributed by atoms with Gasteiger partial charge in [0.2, 0.25) is 5.95 Å². The molecule has 5 aliphatic heterocycles. The fraction of sp³-hybridized carbons (Fsp3) is 0.885. The maximum absolute atomic E-state index is 5.29. The molecule has 330 valence electrons. The summed E-state index contributed by atoms with van der Waals surface area (Å²) < 4.78 is 0. The third-order valence-electron chi connectivity index (χ3n) is 15.6. The Morgan fingerprint density at radius 2 is 1.03 bits per heavy atom. The lowest BCUT2D eigenvalue weighted by Gasteiger charge is -2.44. The second kappa shape index (κ2) is 20.5. The summed E-state index contributed by atoms with van der Waals surface area (Å²) in [6.45, 7) is 38.1. The van der Waals surface area contributed by atoms with E-state index in [9.17, 15) is 0 Å². The smallest absolute Gasteiger partial charge is 0.225 e. The molecule has 0 aromatic carbocycles. The zero-order chi connectivity index (χ0) is 42.3. The zero-order valence-corrected chi connectivity index (χ0v) is 40.2. The summed E-state index contributed by atoms with van der Waals surface area (Å²) in [5, 5.41) is 0. The molecule has 6 nitrogen and oxygen atoms in total. The summed E-state index contributed by atoms with van der Waals surface area (Å²) in [5.41, 5.74) is 1.96. The lowest BCUT2D eigenvalue weighted by Crippen LogP contribution is -2.46. The number of rotatable bonds is 5. The Morgan fingerprint density at radius 1 is 0.552 bits per heavy atom. The van der Waals surface area contributed by atoms with Gasteiger partial charge in [0.05, 0.1) is 6.54 Å². The van der Waals surface area contributed by atoms with Crippen LogP contribution in [-0.2, 0) is 0 Å². The Kier molecular flexibility index (Phi) is 16.7. The summed E-state index contributed by atoms with van der Waals surface area (Å²) in [6, 6.07) is 4.79. The van der Waals surface area contributed by atoms with Crippen molar-refractivity contribution in [2.75, 3.05) is 57.3 Å². The van der Waals surface area contributed by atoms with Crippen LogP contribution in [0, 0.1) is 63.6 Å². The van der Waals surface area contributed by atoms with Crippen LogP contribution in [0.5, 0.6) is 0 Å². The minimum absolute atomic E-state index is 0.434. The van der Waals surface area contributed by atoms with Crippen LogP contribution in [0.1, 0.15) is 173 Å². The van der Waals surface area contributed by atoms with Crippen molar-refractivity contribution < 1.29 is 0 Å². The number of fused-ring (bicyclic) bond motifs is 2. The van der Waals surface area contributed by atoms with Crippen LogP contribution >= 0.6 is 0 Å². The van der Waals surface area contributed by atoms with Gasteiger partial charge in [0.25, 0.3) is 0 Å². The highest BCUT2D eigenvalue weighted by atomic mass is 15.3. The Labute approximate surface area is 359 Å². The van der Waals surface area contributed by atoms with Crippen molar-refractivity contribution in [2.24, 2.45) is 51.2 Å². The maximum atomic E-state index is 5.29. The second-order valence-corrected chi connectivity index (χ2v) is 24.3. The van der Waals surface area contributed by atoms with Crippen molar-refractivity contribution in [1.82, 2.24) is 24.7 Å². The molecule has 0 amide bonds. The predicted molar refractivity (Wildman–Crippen MR) is 249 cm³/mol. The monoisotopic (exact) mass is 801 g/mol. The molecule has 7 fully saturated rings. The van der Waals surface area contributed by atoms with Crippen LogP contribution in [0.2, 0.25) is 0 Å². The van der Waals surface area contributed by atoms with Crippen LogP contribution in [0.15, 0.2) is 18.5 Å². The van der Waals surface area contributed by atoms with E-state index < -0.39 is 0 Å². The summed E-state index contributed by atoms with van der Waals surface area (Å²) >= 11 is 0. The molecule has 6 heteroatoms. The molecule has 0 N–H and O–H groups in total. The number of hydrogen-bond donors (Lipinski definition) is 0. The summed E-state index contributed by atoms with van der Waals surface area (Å²) in [4.78, 5) is 18.9. The Hall–Kier alpha value is -1.68. The van der Waals surface area contributed by atoms with Gasteiger partial charge in [0, 0.05) is 56.7 Å². The van der Waals surface area contributed by atoms with E-state index in [1.165, 1.54) is 123 Å². The Morgan fingerprint density at radius 3 is 1.48 bits per heavy atom. The highest BCUT2D eigenvalue weighted by Gasteiger charge is 2.48. The van der Waals surface area contributed by atoms with Crippen molar-refractivity contribution in [3.63, 3.8) is 0 Å². The zero-order valence-electron chi connectivity index (χ0n) is 40.2. The standard InChI is InChI=1S/C14H25N.C13H21N3.C13H25N.C12H21N/c1-14(2,3)10-8-12-6-7-13(9-10)15(12)11-4-5-11;1-13(2,3)11-5-9-16(10-6-11)12-14-7-4-8-15-12;1-13(2,3)12-5-4-8-14(10-12)9-11-6-7-11;1-5-8-13-9-6-11(7-10-13)12(2,3)4/h10-13H,4-9H2,1-3H3;4,7-8,11H,5-6,9-10H2,1-3H3;11-12H,4-10H2,1-3H3;1,11H,6-10H2,2-4H3. The molecule has 3 atom stereocenters. The van der Waals surface area contributed by atoms with Crippen LogP contribution in [0.3, 0.4) is 0 Å².